The third kappa shape index (κ3) is 4.38. The molecule has 1 saturated heterocycles. The van der Waals surface area contributed by atoms with Crippen molar-refractivity contribution in [3.8, 4) is 0 Å². The van der Waals surface area contributed by atoms with E-state index in [4.69, 9.17) is 5.11 Å². The minimum atomic E-state index is -0.864. The van der Waals surface area contributed by atoms with Crippen molar-refractivity contribution in [2.45, 2.75) is 31.7 Å². The Bertz CT molecular complexity index is 801. The van der Waals surface area contributed by atoms with Gasteiger partial charge in [0.05, 0.1) is 11.9 Å². The number of piperazine rings is 1. The predicted molar refractivity (Wildman–Crippen MR) is 105 cm³/mol. The molecule has 3 N–H and O–H groups in total. The molecule has 1 amide bonds. The molecule has 1 saturated carbocycles. The van der Waals surface area contributed by atoms with Crippen LogP contribution in [-0.4, -0.2) is 68.3 Å². The Morgan fingerprint density at radius 1 is 1.04 bits per heavy atom. The predicted octanol–water partition coefficient (Wildman–Crippen LogP) is 2.16. The van der Waals surface area contributed by atoms with Gasteiger partial charge < -0.3 is 25.5 Å². The summed E-state index contributed by atoms with van der Waals surface area (Å²) in [5.41, 5.74) is 0.967. The molecule has 2 aromatic rings. The van der Waals surface area contributed by atoms with E-state index < -0.39 is 6.09 Å². The van der Waals surface area contributed by atoms with E-state index in [1.54, 1.807) is 6.20 Å². The zero-order valence-corrected chi connectivity index (χ0v) is 15.6. The van der Waals surface area contributed by atoms with Gasteiger partial charge in [-0.3, -0.25) is 0 Å². The first-order valence-electron chi connectivity index (χ1n) is 9.59. The average Bonchev–Trinajstić information content (AvgIpc) is 3.22. The van der Waals surface area contributed by atoms with Crippen molar-refractivity contribution in [3.05, 3.63) is 24.7 Å². The Morgan fingerprint density at radius 3 is 2.46 bits per heavy atom. The van der Waals surface area contributed by atoms with Gasteiger partial charge in [-0.15, -0.1) is 0 Å². The van der Waals surface area contributed by atoms with Crippen molar-refractivity contribution >= 4 is 29.5 Å². The number of carbonyl (C=O) groups is 1. The van der Waals surface area contributed by atoms with Crippen molar-refractivity contribution in [1.29, 1.82) is 0 Å². The highest BCUT2D eigenvalue weighted by Crippen LogP contribution is 2.22. The van der Waals surface area contributed by atoms with E-state index in [2.05, 4.69) is 35.5 Å². The Morgan fingerprint density at radius 2 is 1.79 bits per heavy atom. The fraction of sp³-hybridized carbons (Fsp3) is 0.500. The molecule has 2 aliphatic rings. The molecule has 1 aliphatic carbocycles. The summed E-state index contributed by atoms with van der Waals surface area (Å²) in [5.74, 6) is 1.68. The molecule has 1 aliphatic heterocycles. The van der Waals surface area contributed by atoms with Crippen LogP contribution in [0.15, 0.2) is 24.7 Å². The number of nitrogens with one attached hydrogen (secondary N) is 2. The number of nitrogens with zero attached hydrogens (tertiary/aromatic N) is 6. The van der Waals surface area contributed by atoms with Crippen molar-refractivity contribution in [3.63, 3.8) is 0 Å². The van der Waals surface area contributed by atoms with Crippen LogP contribution < -0.4 is 15.5 Å². The van der Waals surface area contributed by atoms with E-state index in [-0.39, 0.29) is 0 Å². The van der Waals surface area contributed by atoms with E-state index in [1.807, 2.05) is 12.1 Å². The molecular formula is C18H24N8O2. The summed E-state index contributed by atoms with van der Waals surface area (Å²) < 4.78 is 0. The topological polar surface area (TPSA) is 119 Å². The molecule has 10 nitrogen and oxygen atoms in total. The standard InChI is InChI=1S/C18H24N8O2/c27-18(28)26-9-7-25(8-10-26)14-5-6-15(19-11-14)23-17-21-12-20-16(24-17)22-13-3-1-2-4-13/h5-6,11-13H,1-4,7-10H2,(H,27,28)(H2,19,20,21,22,23,24). The number of aromatic nitrogens is 4. The van der Waals surface area contributed by atoms with Gasteiger partial charge in [-0.05, 0) is 25.0 Å². The van der Waals surface area contributed by atoms with Crippen LogP contribution >= 0.6 is 0 Å². The fourth-order valence-corrected chi connectivity index (χ4v) is 3.60. The molecule has 0 atom stereocenters. The van der Waals surface area contributed by atoms with Gasteiger partial charge in [0.25, 0.3) is 0 Å². The van der Waals surface area contributed by atoms with E-state index in [0.29, 0.717) is 49.9 Å². The van der Waals surface area contributed by atoms with Crippen LogP contribution in [0.1, 0.15) is 25.7 Å². The van der Waals surface area contributed by atoms with Crippen molar-refractivity contribution in [2.75, 3.05) is 41.7 Å². The normalized spacial score (nSPS) is 17.6. The van der Waals surface area contributed by atoms with E-state index in [9.17, 15) is 4.79 Å². The summed E-state index contributed by atoms with van der Waals surface area (Å²) in [5, 5.41) is 15.5. The molecule has 2 fully saturated rings. The van der Waals surface area contributed by atoms with Crippen molar-refractivity contribution < 1.29 is 9.90 Å². The maximum Gasteiger partial charge on any atom is 0.407 e. The molecule has 0 radical (unpaired) electrons. The number of pyridine rings is 1. The van der Waals surface area contributed by atoms with E-state index in [0.717, 1.165) is 18.5 Å². The maximum absolute atomic E-state index is 11.0. The Kier molecular flexibility index (Phi) is 5.36. The monoisotopic (exact) mass is 384 g/mol. The van der Waals surface area contributed by atoms with Crippen LogP contribution in [0, 0.1) is 0 Å². The van der Waals surface area contributed by atoms with Crippen LogP contribution in [0.3, 0.4) is 0 Å². The first kappa shape index (κ1) is 18.2. The average molecular weight is 384 g/mol. The van der Waals surface area contributed by atoms with Gasteiger partial charge in [-0.25, -0.2) is 19.7 Å². The summed E-state index contributed by atoms with van der Waals surface area (Å²) in [6.45, 7) is 2.31. The zero-order valence-electron chi connectivity index (χ0n) is 15.6. The molecule has 28 heavy (non-hydrogen) atoms. The maximum atomic E-state index is 11.0. The van der Waals surface area contributed by atoms with Crippen LogP contribution in [0.4, 0.5) is 28.2 Å². The summed E-state index contributed by atoms with van der Waals surface area (Å²) in [4.78, 5) is 31.8. The number of carboxylic acid groups (broad SMARTS) is 1. The third-order valence-corrected chi connectivity index (χ3v) is 5.16. The molecule has 2 aromatic heterocycles. The smallest absolute Gasteiger partial charge is 0.407 e. The molecule has 0 bridgehead atoms. The van der Waals surface area contributed by atoms with Crippen molar-refractivity contribution in [1.82, 2.24) is 24.8 Å². The highest BCUT2D eigenvalue weighted by molar-refractivity contribution is 5.65. The second-order valence-electron chi connectivity index (χ2n) is 7.04. The molecule has 10 heteroatoms. The molecule has 148 valence electrons. The quantitative estimate of drug-likeness (QED) is 0.712. The molecule has 0 spiro atoms. The molecule has 0 aromatic carbocycles. The second-order valence-corrected chi connectivity index (χ2v) is 7.04. The molecule has 3 heterocycles. The van der Waals surface area contributed by atoms with Gasteiger partial charge in [0, 0.05) is 32.2 Å². The molecule has 0 unspecified atom stereocenters. The Hall–Kier alpha value is -3.17. The highest BCUT2D eigenvalue weighted by Gasteiger charge is 2.20. The SMILES string of the molecule is O=C(O)N1CCN(c2ccc(Nc3ncnc(NC4CCCC4)n3)nc2)CC1. The lowest BCUT2D eigenvalue weighted by Crippen LogP contribution is -2.48. The van der Waals surface area contributed by atoms with Crippen LogP contribution in [0.5, 0.6) is 0 Å². The molecular weight excluding hydrogens is 360 g/mol. The zero-order chi connectivity index (χ0) is 19.3. The Balaban J connectivity index is 1.35. The van der Waals surface area contributed by atoms with Crippen LogP contribution in [0.25, 0.3) is 0 Å². The number of amides is 1. The number of rotatable bonds is 5. The van der Waals surface area contributed by atoms with Gasteiger partial charge in [-0.1, -0.05) is 12.8 Å². The first-order valence-corrected chi connectivity index (χ1v) is 9.59. The van der Waals surface area contributed by atoms with Crippen molar-refractivity contribution in [2.24, 2.45) is 0 Å². The Labute approximate surface area is 163 Å². The number of hydrogen-bond donors (Lipinski definition) is 3. The van der Waals surface area contributed by atoms with Crippen LogP contribution in [0.2, 0.25) is 0 Å². The summed E-state index contributed by atoms with van der Waals surface area (Å²) in [7, 11) is 0. The van der Waals surface area contributed by atoms with Gasteiger partial charge in [0.2, 0.25) is 11.9 Å². The van der Waals surface area contributed by atoms with E-state index in [1.165, 1.54) is 24.1 Å². The lowest BCUT2D eigenvalue weighted by molar-refractivity contribution is 0.142. The minimum Gasteiger partial charge on any atom is -0.465 e. The van der Waals surface area contributed by atoms with Gasteiger partial charge in [-0.2, -0.15) is 4.98 Å². The van der Waals surface area contributed by atoms with Gasteiger partial charge in [0.15, 0.2) is 0 Å². The lowest BCUT2D eigenvalue weighted by Gasteiger charge is -2.34. The summed E-state index contributed by atoms with van der Waals surface area (Å²) in [6, 6.07) is 4.27. The minimum absolute atomic E-state index is 0.439. The fourth-order valence-electron chi connectivity index (χ4n) is 3.60. The first-order chi connectivity index (χ1) is 13.7. The number of anilines is 4. The highest BCUT2D eigenvalue weighted by atomic mass is 16.4. The third-order valence-electron chi connectivity index (χ3n) is 5.16. The lowest BCUT2D eigenvalue weighted by atomic mass is 10.3. The summed E-state index contributed by atoms with van der Waals surface area (Å²) in [6.07, 6.45) is 7.19. The number of hydrogen-bond acceptors (Lipinski definition) is 8. The summed E-state index contributed by atoms with van der Waals surface area (Å²) >= 11 is 0. The van der Waals surface area contributed by atoms with Gasteiger partial charge >= 0.3 is 6.09 Å². The van der Waals surface area contributed by atoms with Crippen LogP contribution in [-0.2, 0) is 0 Å². The molecule has 4 rings (SSSR count). The largest absolute Gasteiger partial charge is 0.465 e. The van der Waals surface area contributed by atoms with E-state index >= 15 is 0 Å². The van der Waals surface area contributed by atoms with Gasteiger partial charge in [0.1, 0.15) is 12.1 Å². The second kappa shape index (κ2) is 8.24.